The average Bonchev–Trinajstić information content (AvgIpc) is 3.16. The Hall–Kier alpha value is -2.43. The molecular weight excluding hydrogens is 412 g/mol. The number of thiophene rings is 1. The monoisotopic (exact) mass is 436 g/mol. The molecule has 1 aliphatic rings. The molecule has 156 valence electrons. The van der Waals surface area contributed by atoms with Crippen LogP contribution in [0.25, 0.3) is 0 Å². The van der Waals surface area contributed by atoms with Gasteiger partial charge in [0.15, 0.2) is 0 Å². The number of piperazine rings is 1. The van der Waals surface area contributed by atoms with Gasteiger partial charge in [-0.05, 0) is 31.2 Å². The lowest BCUT2D eigenvalue weighted by molar-refractivity contribution is 0.0671. The largest absolute Gasteiger partial charge is 0.335 e. The summed E-state index contributed by atoms with van der Waals surface area (Å²) in [6.07, 6.45) is 0. The van der Waals surface area contributed by atoms with Gasteiger partial charge in [0.25, 0.3) is 15.9 Å². The van der Waals surface area contributed by atoms with Crippen LogP contribution >= 0.6 is 11.3 Å². The summed E-state index contributed by atoms with van der Waals surface area (Å²) in [5.74, 6) is -0.0365. The second-order valence-electron chi connectivity index (χ2n) is 6.98. The van der Waals surface area contributed by atoms with Crippen molar-refractivity contribution in [2.45, 2.75) is 11.1 Å². The Balaban J connectivity index is 1.57. The second-order valence-corrected chi connectivity index (χ2v) is 10.4. The van der Waals surface area contributed by atoms with Crippen molar-refractivity contribution in [3.63, 3.8) is 0 Å². The Morgan fingerprint density at radius 3 is 2.31 bits per heavy atom. The van der Waals surface area contributed by atoms with Crippen LogP contribution in [0.1, 0.15) is 15.9 Å². The maximum atomic E-state index is 12.6. The molecule has 1 aromatic carbocycles. The van der Waals surface area contributed by atoms with E-state index in [1.165, 1.54) is 20.2 Å². The van der Waals surface area contributed by atoms with Crippen molar-refractivity contribution in [3.05, 3.63) is 47.5 Å². The third-order valence-electron chi connectivity index (χ3n) is 4.67. The van der Waals surface area contributed by atoms with E-state index in [2.05, 4.69) is 5.32 Å². The van der Waals surface area contributed by atoms with Gasteiger partial charge in [-0.1, -0.05) is 17.7 Å². The normalized spacial score (nSPS) is 14.9. The topological polar surface area (TPSA) is 90.0 Å². The van der Waals surface area contributed by atoms with Crippen molar-refractivity contribution < 1.29 is 18.0 Å². The highest BCUT2D eigenvalue weighted by Crippen LogP contribution is 2.28. The minimum atomic E-state index is -3.52. The molecule has 3 amide bonds. The highest BCUT2D eigenvalue weighted by atomic mass is 32.2. The van der Waals surface area contributed by atoms with Gasteiger partial charge in [-0.3, -0.25) is 10.1 Å². The Kier molecular flexibility index (Phi) is 6.25. The van der Waals surface area contributed by atoms with E-state index in [4.69, 9.17) is 0 Å². The van der Waals surface area contributed by atoms with E-state index >= 15 is 0 Å². The molecule has 1 fully saturated rings. The summed E-state index contributed by atoms with van der Waals surface area (Å²) in [6.45, 7) is 3.67. The molecule has 0 aliphatic carbocycles. The maximum absolute atomic E-state index is 12.6. The number of urea groups is 1. The maximum Gasteiger partial charge on any atom is 0.322 e. The van der Waals surface area contributed by atoms with Crippen molar-refractivity contribution in [1.82, 2.24) is 14.1 Å². The summed E-state index contributed by atoms with van der Waals surface area (Å²) < 4.78 is 25.6. The molecule has 3 rings (SSSR count). The van der Waals surface area contributed by atoms with Crippen molar-refractivity contribution in [3.8, 4) is 0 Å². The van der Waals surface area contributed by atoms with Crippen LogP contribution in [0.3, 0.4) is 0 Å². The molecule has 2 aromatic rings. The Morgan fingerprint density at radius 1 is 1.03 bits per heavy atom. The number of rotatable bonds is 4. The van der Waals surface area contributed by atoms with Crippen LogP contribution in [0.2, 0.25) is 0 Å². The quantitative estimate of drug-likeness (QED) is 0.796. The number of nitrogens with one attached hydrogen (secondary N) is 1. The van der Waals surface area contributed by atoms with Crippen LogP contribution in [0.5, 0.6) is 0 Å². The number of nitrogens with zero attached hydrogens (tertiary/aromatic N) is 3. The third-order valence-corrected chi connectivity index (χ3v) is 7.95. The lowest BCUT2D eigenvalue weighted by Gasteiger charge is -2.34. The molecule has 2 heterocycles. The second kappa shape index (κ2) is 8.52. The molecule has 1 N–H and O–H groups in total. The van der Waals surface area contributed by atoms with Gasteiger partial charge in [0, 0.05) is 45.8 Å². The fourth-order valence-corrected chi connectivity index (χ4v) is 5.33. The molecule has 0 radical (unpaired) electrons. The number of carbonyl (C=O) groups is 2. The van der Waals surface area contributed by atoms with Crippen LogP contribution in [-0.4, -0.2) is 74.7 Å². The molecule has 10 heteroatoms. The fraction of sp³-hybridized carbons (Fsp3) is 0.368. The van der Waals surface area contributed by atoms with Crippen LogP contribution < -0.4 is 5.32 Å². The minimum Gasteiger partial charge on any atom is -0.335 e. The van der Waals surface area contributed by atoms with Gasteiger partial charge in [0.05, 0.1) is 5.00 Å². The minimum absolute atomic E-state index is 0.0365. The van der Waals surface area contributed by atoms with E-state index in [1.807, 2.05) is 25.1 Å². The van der Waals surface area contributed by atoms with Crippen molar-refractivity contribution in [1.29, 1.82) is 0 Å². The van der Waals surface area contributed by atoms with Gasteiger partial charge in [-0.25, -0.2) is 17.5 Å². The number of aryl methyl sites for hydroxylation is 1. The van der Waals surface area contributed by atoms with Crippen molar-refractivity contribution >= 4 is 38.3 Å². The summed E-state index contributed by atoms with van der Waals surface area (Å²) in [5, 5.41) is 3.21. The van der Waals surface area contributed by atoms with Gasteiger partial charge in [0.2, 0.25) is 0 Å². The first kappa shape index (κ1) is 21.3. The van der Waals surface area contributed by atoms with Crippen LogP contribution in [0, 0.1) is 6.92 Å². The number of anilines is 1. The predicted octanol–water partition coefficient (Wildman–Crippen LogP) is 2.30. The highest BCUT2D eigenvalue weighted by molar-refractivity contribution is 7.91. The molecule has 0 spiro atoms. The van der Waals surface area contributed by atoms with Gasteiger partial charge >= 0.3 is 6.03 Å². The SMILES string of the molecule is Cc1cccc(C(=O)N2CCN(C(=O)Nc3ccc(S(=O)(=O)N(C)C)s3)CC2)c1. The molecule has 0 saturated carbocycles. The van der Waals surface area contributed by atoms with Gasteiger partial charge in [-0.15, -0.1) is 11.3 Å². The standard InChI is InChI=1S/C19H24N4O4S2/c1-14-5-4-6-15(13-14)18(24)22-9-11-23(12-10-22)19(25)20-16-7-8-17(28-16)29(26,27)21(2)3/h4-8,13H,9-12H2,1-3H3,(H,20,25). The predicted molar refractivity (Wildman–Crippen MR) is 113 cm³/mol. The first-order valence-corrected chi connectivity index (χ1v) is 11.4. The Labute approximate surface area is 174 Å². The zero-order valence-corrected chi connectivity index (χ0v) is 18.2. The molecule has 1 saturated heterocycles. The Morgan fingerprint density at radius 2 is 1.69 bits per heavy atom. The van der Waals surface area contributed by atoms with E-state index in [1.54, 1.807) is 21.9 Å². The Bertz CT molecular complexity index is 1010. The zero-order valence-electron chi connectivity index (χ0n) is 16.6. The lowest BCUT2D eigenvalue weighted by Crippen LogP contribution is -2.51. The van der Waals surface area contributed by atoms with Gasteiger partial charge < -0.3 is 9.80 Å². The van der Waals surface area contributed by atoms with E-state index in [9.17, 15) is 18.0 Å². The molecule has 0 bridgehead atoms. The van der Waals surface area contributed by atoms with E-state index in [0.717, 1.165) is 21.2 Å². The lowest BCUT2D eigenvalue weighted by atomic mass is 10.1. The average molecular weight is 437 g/mol. The summed E-state index contributed by atoms with van der Waals surface area (Å²) in [4.78, 5) is 28.5. The van der Waals surface area contributed by atoms with Crippen molar-refractivity contribution in [2.75, 3.05) is 45.6 Å². The summed E-state index contributed by atoms with van der Waals surface area (Å²) in [7, 11) is -0.594. The third kappa shape index (κ3) is 4.77. The number of carbonyl (C=O) groups excluding carboxylic acids is 2. The molecule has 1 aliphatic heterocycles. The fourth-order valence-electron chi connectivity index (χ4n) is 2.96. The number of hydrogen-bond donors (Lipinski definition) is 1. The summed E-state index contributed by atoms with van der Waals surface area (Å²) >= 11 is 1.01. The number of hydrogen-bond acceptors (Lipinski definition) is 5. The van der Waals surface area contributed by atoms with Crippen LogP contribution in [0.15, 0.2) is 40.6 Å². The smallest absolute Gasteiger partial charge is 0.322 e. The summed E-state index contributed by atoms with van der Waals surface area (Å²) in [6, 6.07) is 10.2. The number of sulfonamides is 1. The molecule has 0 unspecified atom stereocenters. The number of benzene rings is 1. The van der Waals surface area contributed by atoms with Crippen molar-refractivity contribution in [2.24, 2.45) is 0 Å². The van der Waals surface area contributed by atoms with Crippen LogP contribution in [-0.2, 0) is 10.0 Å². The van der Waals surface area contributed by atoms with E-state index < -0.39 is 10.0 Å². The first-order chi connectivity index (χ1) is 13.7. The highest BCUT2D eigenvalue weighted by Gasteiger charge is 2.26. The molecular formula is C19H24N4O4S2. The molecule has 1 aromatic heterocycles. The molecule has 29 heavy (non-hydrogen) atoms. The van der Waals surface area contributed by atoms with E-state index in [-0.39, 0.29) is 16.1 Å². The van der Waals surface area contributed by atoms with E-state index in [0.29, 0.717) is 36.7 Å². The zero-order chi connectivity index (χ0) is 21.2. The first-order valence-electron chi connectivity index (χ1n) is 9.13. The molecule has 0 atom stereocenters. The van der Waals surface area contributed by atoms with Gasteiger partial charge in [0.1, 0.15) is 4.21 Å². The number of amides is 3. The molecule has 8 nitrogen and oxygen atoms in total. The van der Waals surface area contributed by atoms with Crippen LogP contribution in [0.4, 0.5) is 9.80 Å². The van der Waals surface area contributed by atoms with Gasteiger partial charge in [-0.2, -0.15) is 0 Å². The summed E-state index contributed by atoms with van der Waals surface area (Å²) in [5.41, 5.74) is 1.68.